The van der Waals surface area contributed by atoms with Gasteiger partial charge < -0.3 is 10.2 Å². The zero-order valence-corrected chi connectivity index (χ0v) is 11.3. The van der Waals surface area contributed by atoms with Crippen LogP contribution in [0.5, 0.6) is 0 Å². The molecule has 0 spiro atoms. The smallest absolute Gasteiger partial charge is 0.225 e. The number of amides is 1. The second kappa shape index (κ2) is 3.96. The molecule has 0 aromatic carbocycles. The van der Waals surface area contributed by atoms with Gasteiger partial charge in [0.15, 0.2) is 0 Å². The fourth-order valence-corrected chi connectivity index (χ4v) is 4.33. The first-order valence-corrected chi connectivity index (χ1v) is 7.75. The lowest BCUT2D eigenvalue weighted by Gasteiger charge is -2.35. The molecule has 4 fully saturated rings. The Labute approximate surface area is 109 Å². The van der Waals surface area contributed by atoms with Gasteiger partial charge in [0.25, 0.3) is 0 Å². The largest absolute Gasteiger partial charge is 0.342 e. The lowest BCUT2D eigenvalue weighted by molar-refractivity contribution is -0.134. The van der Waals surface area contributed by atoms with E-state index in [0.29, 0.717) is 30.0 Å². The number of fused-ring (bicyclic) bond motifs is 2. The molecule has 1 amide bonds. The van der Waals surface area contributed by atoms with Crippen molar-refractivity contribution >= 4 is 5.91 Å². The molecule has 100 valence electrons. The predicted octanol–water partition coefficient (Wildman–Crippen LogP) is 1.77. The number of nitrogens with one attached hydrogen (secondary N) is 1. The first-order valence-electron chi connectivity index (χ1n) is 7.75. The van der Waals surface area contributed by atoms with Gasteiger partial charge in [0.2, 0.25) is 5.91 Å². The van der Waals surface area contributed by atoms with E-state index in [0.717, 1.165) is 11.8 Å². The van der Waals surface area contributed by atoms with Crippen LogP contribution in [0.2, 0.25) is 0 Å². The van der Waals surface area contributed by atoms with E-state index in [1.165, 1.54) is 44.9 Å². The van der Waals surface area contributed by atoms with Crippen LogP contribution in [0.25, 0.3) is 0 Å². The molecule has 18 heavy (non-hydrogen) atoms. The third kappa shape index (κ3) is 1.87. The number of nitrogens with zero attached hydrogens (tertiary/aromatic N) is 1. The van der Waals surface area contributed by atoms with E-state index in [9.17, 15) is 4.79 Å². The van der Waals surface area contributed by atoms with E-state index in [2.05, 4.69) is 17.3 Å². The summed E-state index contributed by atoms with van der Waals surface area (Å²) in [6, 6.07) is 1.88. The third-order valence-electron chi connectivity index (χ3n) is 5.73. The molecule has 4 rings (SSSR count). The van der Waals surface area contributed by atoms with Crippen LogP contribution in [0.3, 0.4) is 0 Å². The van der Waals surface area contributed by atoms with Crippen LogP contribution < -0.4 is 5.32 Å². The van der Waals surface area contributed by atoms with Crippen molar-refractivity contribution in [2.45, 2.75) is 63.1 Å². The standard InChI is InChI=1S/C15H24N2O/c1-17(12-6-10-4-5-11(7-12)16-10)15(18)14-8-13(14)9-2-3-9/h9-14,16H,2-8H2,1H3. The average Bonchev–Trinajstić information content (AvgIpc) is 3.25. The van der Waals surface area contributed by atoms with Crippen molar-refractivity contribution in [3.63, 3.8) is 0 Å². The van der Waals surface area contributed by atoms with Crippen LogP contribution >= 0.6 is 0 Å². The van der Waals surface area contributed by atoms with Gasteiger partial charge >= 0.3 is 0 Å². The van der Waals surface area contributed by atoms with E-state index in [-0.39, 0.29) is 0 Å². The molecule has 0 radical (unpaired) electrons. The van der Waals surface area contributed by atoms with E-state index in [4.69, 9.17) is 0 Å². The minimum Gasteiger partial charge on any atom is -0.342 e. The fraction of sp³-hybridized carbons (Fsp3) is 0.933. The van der Waals surface area contributed by atoms with Crippen LogP contribution in [0, 0.1) is 17.8 Å². The van der Waals surface area contributed by atoms with E-state index >= 15 is 0 Å². The number of hydrogen-bond donors (Lipinski definition) is 1. The van der Waals surface area contributed by atoms with Gasteiger partial charge in [0.1, 0.15) is 0 Å². The van der Waals surface area contributed by atoms with Crippen molar-refractivity contribution in [1.29, 1.82) is 0 Å². The minimum atomic E-state index is 0.398. The van der Waals surface area contributed by atoms with Crippen LogP contribution in [-0.2, 0) is 4.79 Å². The molecule has 0 aromatic heterocycles. The fourth-order valence-electron chi connectivity index (χ4n) is 4.33. The molecule has 4 unspecified atom stereocenters. The first kappa shape index (κ1) is 11.3. The van der Waals surface area contributed by atoms with Crippen LogP contribution in [0.1, 0.15) is 44.9 Å². The highest BCUT2D eigenvalue weighted by Gasteiger charge is 2.52. The molecule has 2 heterocycles. The van der Waals surface area contributed by atoms with Crippen molar-refractivity contribution in [2.75, 3.05) is 7.05 Å². The van der Waals surface area contributed by atoms with Gasteiger partial charge in [0.05, 0.1) is 0 Å². The van der Waals surface area contributed by atoms with Gasteiger partial charge in [-0.15, -0.1) is 0 Å². The van der Waals surface area contributed by atoms with Gasteiger partial charge in [0, 0.05) is 31.1 Å². The second-order valence-corrected chi connectivity index (χ2v) is 7.06. The predicted molar refractivity (Wildman–Crippen MR) is 70.1 cm³/mol. The summed E-state index contributed by atoms with van der Waals surface area (Å²) in [6.07, 6.45) is 8.95. The highest BCUT2D eigenvalue weighted by Crippen LogP contribution is 2.55. The Balaban J connectivity index is 1.37. The SMILES string of the molecule is CN(C(=O)C1CC1C1CC1)C1CC2CCC(C1)N2. The molecule has 4 atom stereocenters. The summed E-state index contributed by atoms with van der Waals surface area (Å²) in [5.74, 6) is 2.53. The van der Waals surface area contributed by atoms with Crippen molar-refractivity contribution in [3.8, 4) is 0 Å². The normalized spacial score (nSPS) is 45.9. The zero-order chi connectivity index (χ0) is 12.3. The van der Waals surface area contributed by atoms with Crippen LogP contribution in [0.4, 0.5) is 0 Å². The molecule has 3 heteroatoms. The number of piperidine rings is 1. The molecule has 2 aliphatic carbocycles. The quantitative estimate of drug-likeness (QED) is 0.825. The molecule has 2 saturated carbocycles. The monoisotopic (exact) mass is 248 g/mol. The summed E-state index contributed by atoms with van der Waals surface area (Å²) in [5, 5.41) is 3.66. The summed E-state index contributed by atoms with van der Waals surface area (Å²) >= 11 is 0. The molecule has 2 saturated heterocycles. The number of carbonyl (C=O) groups excluding carboxylic acids is 1. The molecule has 4 aliphatic rings. The Morgan fingerprint density at radius 3 is 2.33 bits per heavy atom. The summed E-state index contributed by atoms with van der Waals surface area (Å²) in [6.45, 7) is 0. The van der Waals surface area contributed by atoms with Gasteiger partial charge in [-0.2, -0.15) is 0 Å². The Bertz CT molecular complexity index is 354. The maximum absolute atomic E-state index is 12.5. The maximum atomic E-state index is 12.5. The minimum absolute atomic E-state index is 0.398. The lowest BCUT2D eigenvalue weighted by Crippen LogP contribution is -2.49. The Morgan fingerprint density at radius 2 is 1.72 bits per heavy atom. The maximum Gasteiger partial charge on any atom is 0.225 e. The van der Waals surface area contributed by atoms with Gasteiger partial charge in [-0.05, 0) is 56.8 Å². The highest BCUT2D eigenvalue weighted by atomic mass is 16.2. The van der Waals surface area contributed by atoms with Crippen LogP contribution in [-0.4, -0.2) is 36.0 Å². The third-order valence-corrected chi connectivity index (χ3v) is 5.73. The molecular formula is C15H24N2O. The van der Waals surface area contributed by atoms with Crippen LogP contribution in [0.15, 0.2) is 0 Å². The molecule has 2 bridgehead atoms. The summed E-state index contributed by atoms with van der Waals surface area (Å²) < 4.78 is 0. The topological polar surface area (TPSA) is 32.3 Å². The van der Waals surface area contributed by atoms with Crippen molar-refractivity contribution in [2.24, 2.45) is 17.8 Å². The first-order chi connectivity index (χ1) is 8.72. The molecule has 2 aliphatic heterocycles. The van der Waals surface area contributed by atoms with Gasteiger partial charge in [-0.25, -0.2) is 0 Å². The van der Waals surface area contributed by atoms with Crippen molar-refractivity contribution in [3.05, 3.63) is 0 Å². The summed E-state index contributed by atoms with van der Waals surface area (Å²) in [4.78, 5) is 14.6. The van der Waals surface area contributed by atoms with E-state index in [1.54, 1.807) is 0 Å². The molecule has 3 nitrogen and oxygen atoms in total. The van der Waals surface area contributed by atoms with E-state index in [1.807, 2.05) is 0 Å². The van der Waals surface area contributed by atoms with Crippen molar-refractivity contribution in [1.82, 2.24) is 10.2 Å². The van der Waals surface area contributed by atoms with Gasteiger partial charge in [-0.3, -0.25) is 4.79 Å². The Morgan fingerprint density at radius 1 is 1.06 bits per heavy atom. The summed E-state index contributed by atoms with van der Waals surface area (Å²) in [5.41, 5.74) is 0. The Kier molecular flexibility index (Phi) is 2.48. The molecule has 1 N–H and O–H groups in total. The highest BCUT2D eigenvalue weighted by molar-refractivity contribution is 5.82. The number of hydrogen-bond acceptors (Lipinski definition) is 2. The lowest BCUT2D eigenvalue weighted by atomic mass is 9.98. The zero-order valence-electron chi connectivity index (χ0n) is 11.3. The molecular weight excluding hydrogens is 224 g/mol. The van der Waals surface area contributed by atoms with E-state index < -0.39 is 0 Å². The second-order valence-electron chi connectivity index (χ2n) is 7.06. The number of carbonyl (C=O) groups is 1. The summed E-state index contributed by atoms with van der Waals surface area (Å²) in [7, 11) is 2.06. The Hall–Kier alpha value is -0.570. The van der Waals surface area contributed by atoms with Gasteiger partial charge in [-0.1, -0.05) is 0 Å². The van der Waals surface area contributed by atoms with Crippen molar-refractivity contribution < 1.29 is 4.79 Å². The molecule has 0 aromatic rings. The average molecular weight is 248 g/mol. The number of rotatable bonds is 3.